The Hall–Kier alpha value is -3.43. The molecule has 3 aliphatic rings. The fraction of sp³-hybridized carbons (Fsp3) is 0.306. The number of benzene rings is 3. The van der Waals surface area contributed by atoms with Gasteiger partial charge in [-0.2, -0.15) is 4.58 Å². The molecule has 1 aliphatic carbocycles. The first-order chi connectivity index (χ1) is 19.0. The standard InChI is InChI=1S/C36H37ClFN2/c1-35(2)28-22-26(38)17-19-29(28)39(5)31(35)20-15-24-11-9-12-25(34(24)37)16-21-32-36(3,4)33-27-13-8-7-10-23(27)14-18-30(33)40(32)6/h7-8,10,13-22H,9,11-12H2,1-6H3/q+1. The smallest absolute Gasteiger partial charge is 0.210 e. The van der Waals surface area contributed by atoms with Crippen molar-refractivity contribution < 1.29 is 8.97 Å². The third kappa shape index (κ3) is 4.09. The van der Waals surface area contributed by atoms with Gasteiger partial charge in [-0.1, -0.05) is 61.9 Å². The van der Waals surface area contributed by atoms with Gasteiger partial charge in [0.25, 0.3) is 0 Å². The predicted octanol–water partition coefficient (Wildman–Crippen LogP) is 9.46. The van der Waals surface area contributed by atoms with E-state index in [0.29, 0.717) is 0 Å². The quantitative estimate of drug-likeness (QED) is 0.294. The number of likely N-dealkylation sites (N-methyl/N-ethyl adjacent to an activating group) is 1. The number of hydrogen-bond donors (Lipinski definition) is 0. The molecule has 0 N–H and O–H groups in total. The van der Waals surface area contributed by atoms with Crippen molar-refractivity contribution in [2.45, 2.75) is 57.8 Å². The van der Waals surface area contributed by atoms with Crippen LogP contribution in [-0.4, -0.2) is 24.4 Å². The van der Waals surface area contributed by atoms with Crippen LogP contribution < -0.4 is 4.90 Å². The van der Waals surface area contributed by atoms with Gasteiger partial charge in [-0.15, -0.1) is 0 Å². The maximum Gasteiger partial charge on any atom is 0.210 e. The Labute approximate surface area is 242 Å². The summed E-state index contributed by atoms with van der Waals surface area (Å²) in [6.07, 6.45) is 11.8. The molecule has 2 nitrogen and oxygen atoms in total. The molecule has 204 valence electrons. The number of allylic oxidation sites excluding steroid dienone is 8. The van der Waals surface area contributed by atoms with Crippen LogP contribution in [0.2, 0.25) is 0 Å². The van der Waals surface area contributed by atoms with E-state index < -0.39 is 0 Å². The normalized spacial score (nSPS) is 21.9. The minimum absolute atomic E-state index is 0.126. The monoisotopic (exact) mass is 551 g/mol. The van der Waals surface area contributed by atoms with Crippen molar-refractivity contribution in [2.24, 2.45) is 0 Å². The molecule has 6 rings (SSSR count). The summed E-state index contributed by atoms with van der Waals surface area (Å²) < 4.78 is 16.4. The van der Waals surface area contributed by atoms with Gasteiger partial charge in [0.1, 0.15) is 12.9 Å². The van der Waals surface area contributed by atoms with Gasteiger partial charge < -0.3 is 4.90 Å². The van der Waals surface area contributed by atoms with Crippen LogP contribution in [0.4, 0.5) is 15.8 Å². The minimum Gasteiger partial charge on any atom is -0.347 e. The zero-order valence-electron chi connectivity index (χ0n) is 24.3. The molecule has 0 saturated carbocycles. The highest BCUT2D eigenvalue weighted by atomic mass is 35.5. The topological polar surface area (TPSA) is 6.25 Å². The molecule has 0 radical (unpaired) electrons. The molecule has 0 saturated heterocycles. The van der Waals surface area contributed by atoms with Crippen LogP contribution in [0, 0.1) is 5.82 Å². The van der Waals surface area contributed by atoms with Crippen LogP contribution in [0.1, 0.15) is 58.1 Å². The van der Waals surface area contributed by atoms with E-state index in [2.05, 4.69) is 112 Å². The Morgan fingerprint density at radius 2 is 1.70 bits per heavy atom. The second-order valence-electron chi connectivity index (χ2n) is 12.4. The summed E-state index contributed by atoms with van der Waals surface area (Å²) in [6.45, 7) is 8.95. The number of halogens is 2. The van der Waals surface area contributed by atoms with E-state index in [0.717, 1.165) is 46.8 Å². The molecule has 0 amide bonds. The van der Waals surface area contributed by atoms with Gasteiger partial charge in [0, 0.05) is 46.6 Å². The van der Waals surface area contributed by atoms with Crippen LogP contribution in [0.25, 0.3) is 10.8 Å². The van der Waals surface area contributed by atoms with Crippen molar-refractivity contribution in [1.29, 1.82) is 0 Å². The molecule has 3 aromatic rings. The van der Waals surface area contributed by atoms with Crippen molar-refractivity contribution in [3.8, 4) is 0 Å². The average molecular weight is 552 g/mol. The molecule has 0 atom stereocenters. The van der Waals surface area contributed by atoms with E-state index >= 15 is 0 Å². The summed E-state index contributed by atoms with van der Waals surface area (Å²) in [7, 11) is 4.22. The van der Waals surface area contributed by atoms with Gasteiger partial charge in [-0.3, -0.25) is 0 Å². The maximum atomic E-state index is 14.0. The van der Waals surface area contributed by atoms with Crippen LogP contribution >= 0.6 is 11.6 Å². The van der Waals surface area contributed by atoms with Crippen molar-refractivity contribution in [2.75, 3.05) is 19.0 Å². The van der Waals surface area contributed by atoms with Crippen molar-refractivity contribution in [3.05, 3.63) is 118 Å². The molecule has 0 fully saturated rings. The number of hydrogen-bond acceptors (Lipinski definition) is 1. The molecule has 0 bridgehead atoms. The van der Waals surface area contributed by atoms with E-state index in [1.165, 1.54) is 39.4 Å². The van der Waals surface area contributed by atoms with Gasteiger partial charge in [0.15, 0.2) is 5.71 Å². The lowest BCUT2D eigenvalue weighted by Crippen LogP contribution is -2.27. The highest BCUT2D eigenvalue weighted by Crippen LogP contribution is 2.47. The van der Waals surface area contributed by atoms with Gasteiger partial charge >= 0.3 is 0 Å². The van der Waals surface area contributed by atoms with Gasteiger partial charge in [0.2, 0.25) is 5.69 Å². The first-order valence-electron chi connectivity index (χ1n) is 14.2. The van der Waals surface area contributed by atoms with E-state index in [1.807, 2.05) is 6.07 Å². The van der Waals surface area contributed by atoms with Crippen LogP contribution in [-0.2, 0) is 10.8 Å². The second-order valence-corrected chi connectivity index (χ2v) is 12.7. The van der Waals surface area contributed by atoms with Crippen LogP contribution in [0.3, 0.4) is 0 Å². The molecule has 0 aromatic heterocycles. The third-order valence-electron chi connectivity index (χ3n) is 9.23. The summed E-state index contributed by atoms with van der Waals surface area (Å²) in [5.41, 5.74) is 9.06. The molecule has 40 heavy (non-hydrogen) atoms. The Morgan fingerprint density at radius 1 is 0.925 bits per heavy atom. The third-order valence-corrected chi connectivity index (χ3v) is 9.72. The van der Waals surface area contributed by atoms with Crippen LogP contribution in [0.15, 0.2) is 101 Å². The Morgan fingerprint density at radius 3 is 2.50 bits per heavy atom. The zero-order chi connectivity index (χ0) is 28.4. The van der Waals surface area contributed by atoms with Gasteiger partial charge in [0.05, 0.1) is 5.41 Å². The average Bonchev–Trinajstić information content (AvgIpc) is 3.24. The predicted molar refractivity (Wildman–Crippen MR) is 168 cm³/mol. The number of nitrogens with zero attached hydrogens (tertiary/aromatic N) is 2. The summed E-state index contributed by atoms with van der Waals surface area (Å²) in [5, 5.41) is 3.45. The molecule has 0 spiro atoms. The number of fused-ring (bicyclic) bond motifs is 4. The van der Waals surface area contributed by atoms with E-state index in [4.69, 9.17) is 11.6 Å². The first kappa shape index (κ1) is 26.8. The second kappa shape index (κ2) is 9.59. The summed E-state index contributed by atoms with van der Waals surface area (Å²) >= 11 is 7.06. The van der Waals surface area contributed by atoms with E-state index in [9.17, 15) is 4.39 Å². The lowest BCUT2D eigenvalue weighted by Gasteiger charge is -2.24. The summed E-state index contributed by atoms with van der Waals surface area (Å²) in [4.78, 5) is 2.17. The summed E-state index contributed by atoms with van der Waals surface area (Å²) in [5.74, 6) is -0.195. The molecule has 2 aliphatic heterocycles. The molecule has 4 heteroatoms. The van der Waals surface area contributed by atoms with Crippen molar-refractivity contribution in [3.63, 3.8) is 0 Å². The summed E-state index contributed by atoms with van der Waals surface area (Å²) in [6, 6.07) is 18.2. The Bertz CT molecular complexity index is 1710. The Kier molecular flexibility index (Phi) is 6.42. The molecule has 2 heterocycles. The number of rotatable bonds is 3. The van der Waals surface area contributed by atoms with E-state index in [1.54, 1.807) is 6.07 Å². The highest BCUT2D eigenvalue weighted by Gasteiger charge is 2.44. The fourth-order valence-electron chi connectivity index (χ4n) is 7.07. The molecule has 3 aromatic carbocycles. The largest absolute Gasteiger partial charge is 0.347 e. The minimum atomic E-state index is -0.286. The molecule has 0 unspecified atom stereocenters. The fourth-order valence-corrected chi connectivity index (χ4v) is 7.38. The van der Waals surface area contributed by atoms with Gasteiger partial charge in [-0.25, -0.2) is 4.39 Å². The van der Waals surface area contributed by atoms with Gasteiger partial charge in [-0.05, 0) is 90.9 Å². The molecular formula is C36H37ClFN2+. The zero-order valence-corrected chi connectivity index (χ0v) is 25.0. The van der Waals surface area contributed by atoms with Crippen molar-refractivity contribution >= 4 is 39.5 Å². The van der Waals surface area contributed by atoms with E-state index in [-0.39, 0.29) is 16.6 Å². The SMILES string of the molecule is CN1C(=CC=C2CCCC(C=CC3=[N+](C)c4ccc5ccccc5c4C3(C)C)=C2Cl)C(C)(C)c2cc(F)ccc21. The number of anilines is 1. The Balaban J connectivity index is 1.33. The first-order valence-corrected chi connectivity index (χ1v) is 14.5. The maximum absolute atomic E-state index is 14.0. The lowest BCUT2D eigenvalue weighted by molar-refractivity contribution is -0.401. The van der Waals surface area contributed by atoms with Crippen molar-refractivity contribution in [1.82, 2.24) is 0 Å². The molecular weight excluding hydrogens is 515 g/mol. The lowest BCUT2D eigenvalue weighted by atomic mass is 9.79. The highest BCUT2D eigenvalue weighted by molar-refractivity contribution is 6.32. The van der Waals surface area contributed by atoms with Crippen LogP contribution in [0.5, 0.6) is 0 Å².